The molecular formula is C15H20OS. The fraction of sp³-hybridized carbons (Fsp3) is 0.467. The van der Waals surface area contributed by atoms with E-state index in [-0.39, 0.29) is 0 Å². The molecule has 0 spiro atoms. The van der Waals surface area contributed by atoms with Gasteiger partial charge in [-0.3, -0.25) is 0 Å². The Morgan fingerprint density at radius 2 is 2.06 bits per heavy atom. The summed E-state index contributed by atoms with van der Waals surface area (Å²) < 4.78 is 5.43. The Morgan fingerprint density at radius 1 is 1.29 bits per heavy atom. The van der Waals surface area contributed by atoms with Crippen molar-refractivity contribution in [1.82, 2.24) is 0 Å². The second-order valence-electron chi connectivity index (χ2n) is 4.64. The van der Waals surface area contributed by atoms with Crippen LogP contribution >= 0.6 is 11.8 Å². The standard InChI is InChI=1S/C15H20OS/c1-12-6-8-15(9-7-12)17-11-13-4-3-5-14(10-13)16-2/h3-4,6-9,13-14H,5,10-11H2,1-2H3/t13?,14-/m0/s1. The molecule has 2 rings (SSSR count). The summed E-state index contributed by atoms with van der Waals surface area (Å²) in [5, 5.41) is 0. The maximum Gasteiger partial charge on any atom is 0.0611 e. The molecule has 1 nitrogen and oxygen atoms in total. The van der Waals surface area contributed by atoms with Crippen molar-refractivity contribution in [2.75, 3.05) is 12.9 Å². The lowest BCUT2D eigenvalue weighted by Crippen LogP contribution is -2.19. The number of ether oxygens (including phenoxy) is 1. The van der Waals surface area contributed by atoms with Gasteiger partial charge in [-0.2, -0.15) is 0 Å². The van der Waals surface area contributed by atoms with Crippen molar-refractivity contribution < 1.29 is 4.74 Å². The van der Waals surface area contributed by atoms with Gasteiger partial charge in [-0.1, -0.05) is 29.8 Å². The third kappa shape index (κ3) is 3.90. The zero-order chi connectivity index (χ0) is 12.1. The van der Waals surface area contributed by atoms with E-state index in [2.05, 4.69) is 43.3 Å². The van der Waals surface area contributed by atoms with Crippen LogP contribution in [0.4, 0.5) is 0 Å². The fourth-order valence-electron chi connectivity index (χ4n) is 2.09. The molecule has 17 heavy (non-hydrogen) atoms. The van der Waals surface area contributed by atoms with Crippen LogP contribution in [0.5, 0.6) is 0 Å². The molecule has 0 saturated carbocycles. The lowest BCUT2D eigenvalue weighted by molar-refractivity contribution is 0.0859. The highest BCUT2D eigenvalue weighted by atomic mass is 32.2. The normalized spacial score (nSPS) is 23.9. The van der Waals surface area contributed by atoms with Gasteiger partial charge >= 0.3 is 0 Å². The summed E-state index contributed by atoms with van der Waals surface area (Å²) in [6, 6.07) is 8.77. The van der Waals surface area contributed by atoms with Gasteiger partial charge < -0.3 is 4.74 Å². The van der Waals surface area contributed by atoms with Gasteiger partial charge in [0.05, 0.1) is 6.10 Å². The van der Waals surface area contributed by atoms with Crippen molar-refractivity contribution in [3.05, 3.63) is 42.0 Å². The van der Waals surface area contributed by atoms with Crippen molar-refractivity contribution in [2.45, 2.75) is 30.8 Å². The Labute approximate surface area is 108 Å². The molecule has 0 amide bonds. The monoisotopic (exact) mass is 248 g/mol. The summed E-state index contributed by atoms with van der Waals surface area (Å²) in [4.78, 5) is 1.36. The van der Waals surface area contributed by atoms with Gasteiger partial charge in [0, 0.05) is 17.8 Å². The van der Waals surface area contributed by atoms with Crippen molar-refractivity contribution in [2.24, 2.45) is 5.92 Å². The Bertz CT molecular complexity index is 369. The van der Waals surface area contributed by atoms with Gasteiger partial charge in [0.15, 0.2) is 0 Å². The topological polar surface area (TPSA) is 9.23 Å². The molecule has 1 aromatic carbocycles. The molecular weight excluding hydrogens is 228 g/mol. The summed E-state index contributed by atoms with van der Waals surface area (Å²) in [5.41, 5.74) is 1.33. The Kier molecular flexibility index (Phi) is 4.69. The van der Waals surface area contributed by atoms with Gasteiger partial charge in [0.1, 0.15) is 0 Å². The fourth-order valence-corrected chi connectivity index (χ4v) is 3.07. The number of allylic oxidation sites excluding steroid dienone is 1. The first kappa shape index (κ1) is 12.7. The highest BCUT2D eigenvalue weighted by Gasteiger charge is 2.17. The second kappa shape index (κ2) is 6.27. The maximum atomic E-state index is 5.43. The minimum atomic E-state index is 0.420. The van der Waals surface area contributed by atoms with Crippen molar-refractivity contribution in [3.63, 3.8) is 0 Å². The molecule has 0 aliphatic heterocycles. The number of hydrogen-bond acceptors (Lipinski definition) is 2. The summed E-state index contributed by atoms with van der Waals surface area (Å²) in [6.07, 6.45) is 7.26. The number of benzene rings is 1. The van der Waals surface area contributed by atoms with Crippen LogP contribution in [0, 0.1) is 12.8 Å². The number of hydrogen-bond donors (Lipinski definition) is 0. The van der Waals surface area contributed by atoms with Gasteiger partial charge in [-0.25, -0.2) is 0 Å². The molecule has 0 fully saturated rings. The van der Waals surface area contributed by atoms with E-state index < -0.39 is 0 Å². The molecule has 0 radical (unpaired) electrons. The van der Waals surface area contributed by atoms with E-state index >= 15 is 0 Å². The first-order chi connectivity index (χ1) is 8.28. The van der Waals surface area contributed by atoms with E-state index in [1.165, 1.54) is 10.5 Å². The van der Waals surface area contributed by atoms with E-state index in [0.717, 1.165) is 18.6 Å². The summed E-state index contributed by atoms with van der Waals surface area (Å²) in [5.74, 6) is 1.80. The minimum Gasteiger partial charge on any atom is -0.381 e. The van der Waals surface area contributed by atoms with Crippen LogP contribution in [0.3, 0.4) is 0 Å². The van der Waals surface area contributed by atoms with E-state index in [1.807, 2.05) is 18.9 Å². The molecule has 0 heterocycles. The van der Waals surface area contributed by atoms with Gasteiger partial charge in [0.2, 0.25) is 0 Å². The smallest absolute Gasteiger partial charge is 0.0611 e. The minimum absolute atomic E-state index is 0.420. The number of thioether (sulfide) groups is 1. The lowest BCUT2D eigenvalue weighted by atomic mass is 9.95. The van der Waals surface area contributed by atoms with E-state index in [0.29, 0.717) is 12.0 Å². The molecule has 1 aliphatic carbocycles. The number of rotatable bonds is 4. The van der Waals surface area contributed by atoms with Gasteiger partial charge in [-0.15, -0.1) is 11.8 Å². The molecule has 2 heteroatoms. The van der Waals surface area contributed by atoms with Crippen molar-refractivity contribution in [3.8, 4) is 0 Å². The molecule has 0 bridgehead atoms. The van der Waals surface area contributed by atoms with Crippen LogP contribution in [0.2, 0.25) is 0 Å². The van der Waals surface area contributed by atoms with E-state index in [1.54, 1.807) is 0 Å². The lowest BCUT2D eigenvalue weighted by Gasteiger charge is -2.23. The number of methoxy groups -OCH3 is 1. The SMILES string of the molecule is CO[C@H]1CC=CC(CSc2ccc(C)cc2)C1. The average Bonchev–Trinajstić information content (AvgIpc) is 2.38. The third-order valence-electron chi connectivity index (χ3n) is 3.19. The Balaban J connectivity index is 1.84. The Morgan fingerprint density at radius 3 is 2.76 bits per heavy atom. The predicted octanol–water partition coefficient (Wildman–Crippen LogP) is 4.07. The Hall–Kier alpha value is -0.730. The molecule has 0 N–H and O–H groups in total. The summed E-state index contributed by atoms with van der Waals surface area (Å²) in [6.45, 7) is 2.13. The first-order valence-electron chi connectivity index (χ1n) is 6.17. The highest BCUT2D eigenvalue weighted by molar-refractivity contribution is 7.99. The quantitative estimate of drug-likeness (QED) is 0.587. The molecule has 1 aromatic rings. The van der Waals surface area contributed by atoms with Crippen LogP contribution in [0.1, 0.15) is 18.4 Å². The van der Waals surface area contributed by atoms with Crippen LogP contribution in [-0.4, -0.2) is 19.0 Å². The summed E-state index contributed by atoms with van der Waals surface area (Å²) >= 11 is 1.94. The molecule has 92 valence electrons. The van der Waals surface area contributed by atoms with Crippen LogP contribution in [0.15, 0.2) is 41.3 Å². The van der Waals surface area contributed by atoms with Crippen LogP contribution in [-0.2, 0) is 4.74 Å². The molecule has 1 aliphatic rings. The third-order valence-corrected chi connectivity index (χ3v) is 4.39. The average molecular weight is 248 g/mol. The van der Waals surface area contributed by atoms with Crippen LogP contribution in [0.25, 0.3) is 0 Å². The highest BCUT2D eigenvalue weighted by Crippen LogP contribution is 2.27. The second-order valence-corrected chi connectivity index (χ2v) is 5.73. The molecule has 0 aromatic heterocycles. The molecule has 0 saturated heterocycles. The summed E-state index contributed by atoms with van der Waals surface area (Å²) in [7, 11) is 1.81. The van der Waals surface area contributed by atoms with Crippen molar-refractivity contribution >= 4 is 11.8 Å². The van der Waals surface area contributed by atoms with Gasteiger partial charge in [-0.05, 0) is 37.8 Å². The number of aryl methyl sites for hydroxylation is 1. The molecule has 1 unspecified atom stereocenters. The first-order valence-corrected chi connectivity index (χ1v) is 7.15. The maximum absolute atomic E-state index is 5.43. The van der Waals surface area contributed by atoms with Gasteiger partial charge in [0.25, 0.3) is 0 Å². The van der Waals surface area contributed by atoms with E-state index in [9.17, 15) is 0 Å². The molecule has 2 atom stereocenters. The largest absolute Gasteiger partial charge is 0.381 e. The predicted molar refractivity (Wildman–Crippen MR) is 74.6 cm³/mol. The zero-order valence-electron chi connectivity index (χ0n) is 10.6. The van der Waals surface area contributed by atoms with Crippen molar-refractivity contribution in [1.29, 1.82) is 0 Å². The van der Waals surface area contributed by atoms with E-state index in [4.69, 9.17) is 4.74 Å². The zero-order valence-corrected chi connectivity index (χ0v) is 11.4. The van der Waals surface area contributed by atoms with Crippen LogP contribution < -0.4 is 0 Å².